The fourth-order valence-corrected chi connectivity index (χ4v) is 1.78. The molecule has 104 valence electrons. The number of carbonyl (C=O) groups is 1. The molecule has 3 nitrogen and oxygen atoms in total. The Kier molecular flexibility index (Phi) is 5.27. The number of hydrogen-bond acceptors (Lipinski definition) is 3. The Morgan fingerprint density at radius 1 is 0.900 bits per heavy atom. The van der Waals surface area contributed by atoms with Crippen LogP contribution in [0.5, 0.6) is 0 Å². The van der Waals surface area contributed by atoms with Crippen LogP contribution in [0.3, 0.4) is 0 Å². The lowest BCUT2D eigenvalue weighted by atomic mass is 10.3. The van der Waals surface area contributed by atoms with E-state index in [-0.39, 0.29) is 5.78 Å². The van der Waals surface area contributed by atoms with E-state index in [9.17, 15) is 4.79 Å². The summed E-state index contributed by atoms with van der Waals surface area (Å²) < 4.78 is 10.7. The molecule has 20 heavy (non-hydrogen) atoms. The molecular formula is C15H12Cl2O3. The van der Waals surface area contributed by atoms with Gasteiger partial charge in [0.15, 0.2) is 5.78 Å². The van der Waals surface area contributed by atoms with E-state index in [1.54, 1.807) is 36.4 Å². The van der Waals surface area contributed by atoms with Gasteiger partial charge in [0, 0.05) is 0 Å². The molecule has 2 rings (SSSR count). The summed E-state index contributed by atoms with van der Waals surface area (Å²) in [5.74, 6) is 2.95. The number of allylic oxidation sites excluding steroid dienone is 2. The summed E-state index contributed by atoms with van der Waals surface area (Å²) in [4.78, 5) is 11.6. The van der Waals surface area contributed by atoms with E-state index in [1.807, 2.05) is 0 Å². The molecule has 2 heterocycles. The van der Waals surface area contributed by atoms with Gasteiger partial charge < -0.3 is 8.83 Å². The summed E-state index contributed by atoms with van der Waals surface area (Å²) in [7, 11) is 0. The van der Waals surface area contributed by atoms with Gasteiger partial charge in [-0.2, -0.15) is 0 Å². The van der Waals surface area contributed by atoms with Crippen LogP contribution >= 0.6 is 23.2 Å². The highest BCUT2D eigenvalue weighted by Crippen LogP contribution is 2.13. The van der Waals surface area contributed by atoms with Crippen molar-refractivity contribution in [1.29, 1.82) is 0 Å². The Morgan fingerprint density at radius 3 is 1.70 bits per heavy atom. The van der Waals surface area contributed by atoms with Crippen molar-refractivity contribution in [2.45, 2.75) is 11.8 Å². The van der Waals surface area contributed by atoms with Gasteiger partial charge in [-0.05, 0) is 48.6 Å². The third-order valence-corrected chi connectivity index (χ3v) is 2.98. The Bertz CT molecular complexity index is 581. The largest absolute Gasteiger partial charge is 0.460 e. The topological polar surface area (TPSA) is 43.4 Å². The van der Waals surface area contributed by atoms with Gasteiger partial charge in [-0.1, -0.05) is 0 Å². The Balaban J connectivity index is 1.94. The van der Waals surface area contributed by atoms with Gasteiger partial charge in [-0.25, -0.2) is 0 Å². The first-order valence-electron chi connectivity index (χ1n) is 5.90. The van der Waals surface area contributed by atoms with Gasteiger partial charge in [-0.15, -0.1) is 23.2 Å². The molecule has 2 aromatic heterocycles. The predicted octanol–water partition coefficient (Wildman–Crippen LogP) is 4.65. The van der Waals surface area contributed by atoms with Gasteiger partial charge in [-0.3, -0.25) is 4.79 Å². The standard InChI is InChI=1S/C15H12Cl2O3/c16-9-14-7-5-12(19-14)3-1-11(18)2-4-13-6-8-15(10-17)20-13/h1-8H,9-10H2. The van der Waals surface area contributed by atoms with Crippen molar-refractivity contribution in [2.24, 2.45) is 0 Å². The molecule has 0 amide bonds. The molecule has 0 spiro atoms. The number of rotatable bonds is 6. The van der Waals surface area contributed by atoms with Crippen molar-refractivity contribution in [2.75, 3.05) is 0 Å². The predicted molar refractivity (Wildman–Crippen MR) is 79.6 cm³/mol. The Hall–Kier alpha value is -1.71. The lowest BCUT2D eigenvalue weighted by Crippen LogP contribution is -1.83. The molecule has 0 saturated carbocycles. The molecule has 5 heteroatoms. The van der Waals surface area contributed by atoms with Gasteiger partial charge in [0.05, 0.1) is 11.8 Å². The maximum atomic E-state index is 11.6. The van der Waals surface area contributed by atoms with Crippen LogP contribution in [0.4, 0.5) is 0 Å². The van der Waals surface area contributed by atoms with Crippen LogP contribution in [0, 0.1) is 0 Å². The zero-order valence-corrected chi connectivity index (χ0v) is 12.0. The van der Waals surface area contributed by atoms with Gasteiger partial charge in [0.2, 0.25) is 0 Å². The van der Waals surface area contributed by atoms with Crippen LogP contribution < -0.4 is 0 Å². The van der Waals surface area contributed by atoms with E-state index < -0.39 is 0 Å². The maximum Gasteiger partial charge on any atom is 0.178 e. The minimum atomic E-state index is -0.169. The fourth-order valence-electron chi connectivity index (χ4n) is 1.50. The lowest BCUT2D eigenvalue weighted by Gasteiger charge is -1.87. The monoisotopic (exact) mass is 310 g/mol. The highest BCUT2D eigenvalue weighted by atomic mass is 35.5. The van der Waals surface area contributed by atoms with E-state index >= 15 is 0 Å². The third-order valence-electron chi connectivity index (χ3n) is 2.45. The minimum Gasteiger partial charge on any atom is -0.460 e. The van der Waals surface area contributed by atoms with Crippen molar-refractivity contribution in [1.82, 2.24) is 0 Å². The van der Waals surface area contributed by atoms with Gasteiger partial charge in [0.25, 0.3) is 0 Å². The molecule has 0 aliphatic rings. The Morgan fingerprint density at radius 2 is 1.35 bits per heavy atom. The van der Waals surface area contributed by atoms with Crippen molar-refractivity contribution in [3.05, 3.63) is 59.5 Å². The SMILES string of the molecule is O=C(C=Cc1ccc(CCl)o1)C=Cc1ccc(CCl)o1. The maximum absolute atomic E-state index is 11.6. The fraction of sp³-hybridized carbons (Fsp3) is 0.133. The van der Waals surface area contributed by atoms with Gasteiger partial charge >= 0.3 is 0 Å². The molecule has 0 atom stereocenters. The van der Waals surface area contributed by atoms with Gasteiger partial charge in [0.1, 0.15) is 23.0 Å². The molecule has 0 aromatic carbocycles. The van der Waals surface area contributed by atoms with Crippen molar-refractivity contribution < 1.29 is 13.6 Å². The smallest absolute Gasteiger partial charge is 0.178 e. The summed E-state index contributed by atoms with van der Waals surface area (Å²) in [6, 6.07) is 7.04. The molecule has 0 N–H and O–H groups in total. The van der Waals surface area contributed by atoms with E-state index in [0.29, 0.717) is 34.8 Å². The van der Waals surface area contributed by atoms with E-state index in [0.717, 1.165) is 0 Å². The van der Waals surface area contributed by atoms with Crippen molar-refractivity contribution >= 4 is 41.1 Å². The highest BCUT2D eigenvalue weighted by molar-refractivity contribution is 6.17. The molecule has 0 saturated heterocycles. The average Bonchev–Trinajstić information content (AvgIpc) is 3.11. The molecule has 0 aliphatic heterocycles. The van der Waals surface area contributed by atoms with E-state index in [4.69, 9.17) is 32.0 Å². The number of carbonyl (C=O) groups excluding carboxylic acids is 1. The van der Waals surface area contributed by atoms with Crippen molar-refractivity contribution in [3.63, 3.8) is 0 Å². The molecule has 0 radical (unpaired) electrons. The minimum absolute atomic E-state index is 0.169. The molecule has 2 aromatic rings. The lowest BCUT2D eigenvalue weighted by molar-refractivity contribution is -0.110. The zero-order chi connectivity index (χ0) is 14.4. The third kappa shape index (κ3) is 4.15. The number of furan rings is 2. The molecule has 0 fully saturated rings. The highest BCUT2D eigenvalue weighted by Gasteiger charge is 1.99. The van der Waals surface area contributed by atoms with Crippen LogP contribution in [0.2, 0.25) is 0 Å². The second kappa shape index (κ2) is 7.17. The quantitative estimate of drug-likeness (QED) is 0.576. The number of hydrogen-bond donors (Lipinski definition) is 0. The van der Waals surface area contributed by atoms with Crippen LogP contribution in [0.1, 0.15) is 23.0 Å². The summed E-state index contributed by atoms with van der Waals surface area (Å²) >= 11 is 11.2. The normalized spacial score (nSPS) is 11.7. The van der Waals surface area contributed by atoms with E-state index in [1.165, 1.54) is 12.2 Å². The number of halogens is 2. The average molecular weight is 311 g/mol. The molecule has 0 bridgehead atoms. The van der Waals surface area contributed by atoms with Crippen LogP contribution in [0.15, 0.2) is 45.3 Å². The van der Waals surface area contributed by atoms with Crippen molar-refractivity contribution in [3.8, 4) is 0 Å². The van der Waals surface area contributed by atoms with E-state index in [2.05, 4.69) is 0 Å². The van der Waals surface area contributed by atoms with Crippen LogP contribution in [-0.2, 0) is 16.6 Å². The Labute approximate surface area is 126 Å². The molecule has 0 aliphatic carbocycles. The first kappa shape index (κ1) is 14.7. The first-order valence-corrected chi connectivity index (χ1v) is 6.97. The zero-order valence-electron chi connectivity index (χ0n) is 10.5. The summed E-state index contributed by atoms with van der Waals surface area (Å²) in [5.41, 5.74) is 0. The number of ketones is 1. The second-order valence-electron chi connectivity index (χ2n) is 3.94. The van der Waals surface area contributed by atoms with Crippen LogP contribution in [-0.4, -0.2) is 5.78 Å². The first-order chi connectivity index (χ1) is 9.71. The van der Waals surface area contributed by atoms with Crippen LogP contribution in [0.25, 0.3) is 12.2 Å². The summed E-state index contributed by atoms with van der Waals surface area (Å²) in [5, 5.41) is 0. The summed E-state index contributed by atoms with van der Waals surface area (Å²) in [6.45, 7) is 0. The second-order valence-corrected chi connectivity index (χ2v) is 4.48. The summed E-state index contributed by atoms with van der Waals surface area (Å²) in [6.07, 6.45) is 6.02. The molecular weight excluding hydrogens is 299 g/mol. The molecule has 0 unspecified atom stereocenters. The number of alkyl halides is 2.